The maximum Gasteiger partial charge on any atom is 0.0934 e. The van der Waals surface area contributed by atoms with Crippen molar-refractivity contribution in [3.8, 4) is 0 Å². The first-order valence-electron chi connectivity index (χ1n) is 6.25. The van der Waals surface area contributed by atoms with Crippen molar-refractivity contribution in [2.24, 2.45) is 17.1 Å². The van der Waals surface area contributed by atoms with E-state index in [0.29, 0.717) is 5.41 Å². The van der Waals surface area contributed by atoms with Crippen LogP contribution in [-0.4, -0.2) is 11.5 Å². The number of hydrogen-bond acceptors (Lipinski definition) is 3. The highest BCUT2D eigenvalue weighted by Crippen LogP contribution is 2.41. The van der Waals surface area contributed by atoms with E-state index >= 15 is 0 Å². The minimum Gasteiger partial charge on any atom is -0.330 e. The quantitative estimate of drug-likeness (QED) is 0.878. The Balaban J connectivity index is 2.09. The molecule has 0 spiro atoms. The van der Waals surface area contributed by atoms with E-state index in [0.717, 1.165) is 24.6 Å². The van der Waals surface area contributed by atoms with Crippen molar-refractivity contribution in [1.82, 2.24) is 4.98 Å². The molecule has 2 unspecified atom stereocenters. The van der Waals surface area contributed by atoms with Crippen molar-refractivity contribution in [2.75, 3.05) is 6.54 Å². The topological polar surface area (TPSA) is 38.9 Å². The van der Waals surface area contributed by atoms with E-state index in [1.54, 1.807) is 11.3 Å². The molecule has 0 aliphatic heterocycles. The highest BCUT2D eigenvalue weighted by molar-refractivity contribution is 7.09. The Morgan fingerprint density at radius 1 is 1.62 bits per heavy atom. The first-order valence-corrected chi connectivity index (χ1v) is 7.13. The summed E-state index contributed by atoms with van der Waals surface area (Å²) in [5.74, 6) is 0.832. The molecule has 0 bridgehead atoms. The number of hydrogen-bond donors (Lipinski definition) is 1. The molecule has 0 amide bonds. The smallest absolute Gasteiger partial charge is 0.0934 e. The summed E-state index contributed by atoms with van der Waals surface area (Å²) in [5.41, 5.74) is 7.52. The molecule has 1 aliphatic carbocycles. The zero-order valence-corrected chi connectivity index (χ0v) is 11.1. The highest BCUT2D eigenvalue weighted by atomic mass is 32.1. The second-order valence-electron chi connectivity index (χ2n) is 5.47. The van der Waals surface area contributed by atoms with Crippen molar-refractivity contribution < 1.29 is 0 Å². The standard InChI is InChI=1S/C13H22N2S/c1-10-4-3-5-13(6-10,9-14)7-12-15-11(2)8-16-12/h8,10H,3-7,9,14H2,1-2H3. The Morgan fingerprint density at radius 2 is 2.44 bits per heavy atom. The molecule has 1 aliphatic rings. The van der Waals surface area contributed by atoms with Crippen molar-refractivity contribution in [3.05, 3.63) is 16.1 Å². The molecule has 1 saturated carbocycles. The minimum absolute atomic E-state index is 0.335. The lowest BCUT2D eigenvalue weighted by atomic mass is 9.68. The third-order valence-corrected chi connectivity index (χ3v) is 4.78. The first-order chi connectivity index (χ1) is 7.63. The van der Waals surface area contributed by atoms with Gasteiger partial charge in [-0.25, -0.2) is 4.98 Å². The molecule has 1 aromatic heterocycles. The Morgan fingerprint density at radius 3 is 3.00 bits per heavy atom. The number of aryl methyl sites for hydroxylation is 1. The van der Waals surface area contributed by atoms with Crippen LogP contribution in [0.4, 0.5) is 0 Å². The molecule has 2 N–H and O–H groups in total. The molecule has 16 heavy (non-hydrogen) atoms. The van der Waals surface area contributed by atoms with Crippen LogP contribution in [-0.2, 0) is 6.42 Å². The van der Waals surface area contributed by atoms with Gasteiger partial charge in [0.15, 0.2) is 0 Å². The van der Waals surface area contributed by atoms with Crippen LogP contribution in [0.1, 0.15) is 43.3 Å². The molecule has 90 valence electrons. The summed E-state index contributed by atoms with van der Waals surface area (Å²) in [6.07, 6.45) is 6.36. The van der Waals surface area contributed by atoms with E-state index in [1.165, 1.54) is 30.7 Å². The van der Waals surface area contributed by atoms with E-state index in [2.05, 4.69) is 24.2 Å². The van der Waals surface area contributed by atoms with Gasteiger partial charge < -0.3 is 5.73 Å². The Kier molecular flexibility index (Phi) is 3.65. The molecule has 0 aromatic carbocycles. The van der Waals surface area contributed by atoms with Gasteiger partial charge in [-0.3, -0.25) is 0 Å². The van der Waals surface area contributed by atoms with Crippen LogP contribution in [0, 0.1) is 18.3 Å². The van der Waals surface area contributed by atoms with Crippen LogP contribution in [0.3, 0.4) is 0 Å². The molecule has 2 rings (SSSR count). The van der Waals surface area contributed by atoms with Gasteiger partial charge in [0.25, 0.3) is 0 Å². The van der Waals surface area contributed by atoms with Gasteiger partial charge >= 0.3 is 0 Å². The van der Waals surface area contributed by atoms with Crippen molar-refractivity contribution in [3.63, 3.8) is 0 Å². The van der Waals surface area contributed by atoms with Gasteiger partial charge in [-0.05, 0) is 37.6 Å². The predicted molar refractivity (Wildman–Crippen MR) is 69.7 cm³/mol. The van der Waals surface area contributed by atoms with Gasteiger partial charge in [0.1, 0.15) is 0 Å². The second-order valence-corrected chi connectivity index (χ2v) is 6.41. The van der Waals surface area contributed by atoms with Crippen LogP contribution >= 0.6 is 11.3 Å². The summed E-state index contributed by atoms with van der Waals surface area (Å²) in [7, 11) is 0. The molecule has 1 fully saturated rings. The summed E-state index contributed by atoms with van der Waals surface area (Å²) in [5, 5.41) is 3.42. The van der Waals surface area contributed by atoms with Crippen molar-refractivity contribution >= 4 is 11.3 Å². The molecule has 2 nitrogen and oxygen atoms in total. The fraction of sp³-hybridized carbons (Fsp3) is 0.769. The van der Waals surface area contributed by atoms with Gasteiger partial charge in [0, 0.05) is 17.5 Å². The van der Waals surface area contributed by atoms with E-state index in [9.17, 15) is 0 Å². The predicted octanol–water partition coefficient (Wildman–Crippen LogP) is 3.15. The number of rotatable bonds is 3. The van der Waals surface area contributed by atoms with E-state index < -0.39 is 0 Å². The maximum atomic E-state index is 6.03. The lowest BCUT2D eigenvalue weighted by Crippen LogP contribution is -2.37. The first kappa shape index (κ1) is 12.1. The summed E-state index contributed by atoms with van der Waals surface area (Å²) in [6, 6.07) is 0. The molecule has 0 radical (unpaired) electrons. The lowest BCUT2D eigenvalue weighted by Gasteiger charge is -2.38. The third-order valence-electron chi connectivity index (χ3n) is 3.81. The number of nitrogens with two attached hydrogens (primary N) is 1. The zero-order valence-electron chi connectivity index (χ0n) is 10.3. The molecule has 3 heteroatoms. The monoisotopic (exact) mass is 238 g/mol. The molecular weight excluding hydrogens is 216 g/mol. The Hall–Kier alpha value is -0.410. The zero-order chi connectivity index (χ0) is 11.6. The van der Waals surface area contributed by atoms with E-state index in [1.807, 2.05) is 0 Å². The summed E-state index contributed by atoms with van der Waals surface area (Å²) < 4.78 is 0. The Labute approximate surface area is 102 Å². The lowest BCUT2D eigenvalue weighted by molar-refractivity contribution is 0.153. The molecule has 1 heterocycles. The summed E-state index contributed by atoms with van der Waals surface area (Å²) in [4.78, 5) is 4.59. The van der Waals surface area contributed by atoms with E-state index in [4.69, 9.17) is 5.73 Å². The number of nitrogens with zero attached hydrogens (tertiary/aromatic N) is 1. The van der Waals surface area contributed by atoms with E-state index in [-0.39, 0.29) is 0 Å². The van der Waals surface area contributed by atoms with Gasteiger partial charge in [-0.2, -0.15) is 0 Å². The normalized spacial score (nSPS) is 30.6. The highest BCUT2D eigenvalue weighted by Gasteiger charge is 2.34. The van der Waals surface area contributed by atoms with Gasteiger partial charge in [0.05, 0.1) is 5.01 Å². The minimum atomic E-state index is 0.335. The number of aromatic nitrogens is 1. The average Bonchev–Trinajstić information content (AvgIpc) is 2.64. The largest absolute Gasteiger partial charge is 0.330 e. The van der Waals surface area contributed by atoms with Gasteiger partial charge in [-0.15, -0.1) is 11.3 Å². The second kappa shape index (κ2) is 4.84. The van der Waals surface area contributed by atoms with Crippen LogP contribution < -0.4 is 5.73 Å². The summed E-state index contributed by atoms with van der Waals surface area (Å²) >= 11 is 1.79. The maximum absolute atomic E-state index is 6.03. The molecule has 2 atom stereocenters. The van der Waals surface area contributed by atoms with Crippen molar-refractivity contribution in [1.29, 1.82) is 0 Å². The number of thiazole rings is 1. The average molecular weight is 238 g/mol. The van der Waals surface area contributed by atoms with Crippen LogP contribution in [0.25, 0.3) is 0 Å². The molecular formula is C13H22N2S. The van der Waals surface area contributed by atoms with Crippen LogP contribution in [0.15, 0.2) is 5.38 Å². The fourth-order valence-electron chi connectivity index (χ4n) is 2.99. The third kappa shape index (κ3) is 2.64. The molecule has 1 aromatic rings. The van der Waals surface area contributed by atoms with Crippen LogP contribution in [0.5, 0.6) is 0 Å². The van der Waals surface area contributed by atoms with Crippen molar-refractivity contribution in [2.45, 2.75) is 46.0 Å². The molecule has 0 saturated heterocycles. The van der Waals surface area contributed by atoms with Gasteiger partial charge in [0.2, 0.25) is 0 Å². The SMILES string of the molecule is Cc1csc(CC2(CN)CCCC(C)C2)n1. The Bertz CT molecular complexity index is 347. The fourth-order valence-corrected chi connectivity index (χ4v) is 3.94. The van der Waals surface area contributed by atoms with Gasteiger partial charge in [-0.1, -0.05) is 19.8 Å². The van der Waals surface area contributed by atoms with Crippen LogP contribution in [0.2, 0.25) is 0 Å². The summed E-state index contributed by atoms with van der Waals surface area (Å²) in [6.45, 7) is 5.24.